The van der Waals surface area contributed by atoms with Gasteiger partial charge in [0, 0.05) is 42.4 Å². The highest BCUT2D eigenvalue weighted by Crippen LogP contribution is 2.23. The molecule has 1 N–H and O–H groups in total. The SMILES string of the molecule is CCC(CO)N(CCCOC1CCOC1)Cc1ccc(Cl)cc1Cl. The Hall–Kier alpha value is -0.360. The van der Waals surface area contributed by atoms with Gasteiger partial charge in [-0.3, -0.25) is 4.90 Å². The van der Waals surface area contributed by atoms with Gasteiger partial charge in [0.2, 0.25) is 0 Å². The lowest BCUT2D eigenvalue weighted by Gasteiger charge is -2.30. The predicted octanol–water partition coefficient (Wildman–Crippen LogP) is 3.76. The Kier molecular flexibility index (Phi) is 8.81. The van der Waals surface area contributed by atoms with Gasteiger partial charge in [-0.15, -0.1) is 0 Å². The highest BCUT2D eigenvalue weighted by atomic mass is 35.5. The zero-order valence-electron chi connectivity index (χ0n) is 14.2. The van der Waals surface area contributed by atoms with Crippen LogP contribution in [0, 0.1) is 0 Å². The maximum Gasteiger partial charge on any atom is 0.0830 e. The Morgan fingerprint density at radius 2 is 2.25 bits per heavy atom. The first-order valence-electron chi connectivity index (χ1n) is 8.62. The minimum Gasteiger partial charge on any atom is -0.395 e. The highest BCUT2D eigenvalue weighted by Gasteiger charge is 2.19. The average molecular weight is 376 g/mol. The van der Waals surface area contributed by atoms with Crippen molar-refractivity contribution in [3.8, 4) is 0 Å². The summed E-state index contributed by atoms with van der Waals surface area (Å²) in [5.74, 6) is 0. The van der Waals surface area contributed by atoms with E-state index in [0.717, 1.165) is 38.0 Å². The Balaban J connectivity index is 1.88. The second-order valence-electron chi connectivity index (χ2n) is 6.16. The number of halogens is 2. The molecule has 24 heavy (non-hydrogen) atoms. The molecule has 4 nitrogen and oxygen atoms in total. The number of aliphatic hydroxyl groups excluding tert-OH is 1. The smallest absolute Gasteiger partial charge is 0.0830 e. The number of hydrogen-bond donors (Lipinski definition) is 1. The monoisotopic (exact) mass is 375 g/mol. The van der Waals surface area contributed by atoms with Gasteiger partial charge in [-0.2, -0.15) is 0 Å². The third-order valence-corrected chi connectivity index (χ3v) is 5.01. The van der Waals surface area contributed by atoms with Crippen molar-refractivity contribution in [3.05, 3.63) is 33.8 Å². The summed E-state index contributed by atoms with van der Waals surface area (Å²) in [5.41, 5.74) is 1.03. The van der Waals surface area contributed by atoms with Crippen LogP contribution in [0.2, 0.25) is 10.0 Å². The van der Waals surface area contributed by atoms with E-state index in [1.807, 2.05) is 12.1 Å². The molecule has 0 amide bonds. The lowest BCUT2D eigenvalue weighted by molar-refractivity contribution is 0.0316. The lowest BCUT2D eigenvalue weighted by Crippen LogP contribution is -2.38. The van der Waals surface area contributed by atoms with Crippen LogP contribution in [0.4, 0.5) is 0 Å². The van der Waals surface area contributed by atoms with Gasteiger partial charge < -0.3 is 14.6 Å². The third-order valence-electron chi connectivity index (χ3n) is 4.42. The first-order chi connectivity index (χ1) is 11.6. The van der Waals surface area contributed by atoms with Crippen LogP contribution < -0.4 is 0 Å². The number of hydrogen-bond acceptors (Lipinski definition) is 4. The van der Waals surface area contributed by atoms with E-state index in [0.29, 0.717) is 29.8 Å². The zero-order chi connectivity index (χ0) is 17.4. The van der Waals surface area contributed by atoms with Crippen LogP contribution in [0.25, 0.3) is 0 Å². The van der Waals surface area contributed by atoms with E-state index in [2.05, 4.69) is 11.8 Å². The van der Waals surface area contributed by atoms with Crippen LogP contribution in [0.15, 0.2) is 18.2 Å². The van der Waals surface area contributed by atoms with Gasteiger partial charge in [-0.05, 0) is 37.0 Å². The van der Waals surface area contributed by atoms with Crippen LogP contribution >= 0.6 is 23.2 Å². The van der Waals surface area contributed by atoms with Gasteiger partial charge in [0.15, 0.2) is 0 Å². The maximum atomic E-state index is 9.67. The Labute approximate surface area is 154 Å². The van der Waals surface area contributed by atoms with Gasteiger partial charge >= 0.3 is 0 Å². The first kappa shape index (κ1) is 20.0. The quantitative estimate of drug-likeness (QED) is 0.632. The molecular weight excluding hydrogens is 349 g/mol. The van der Waals surface area contributed by atoms with E-state index in [4.69, 9.17) is 32.7 Å². The Bertz CT molecular complexity index is 491. The second-order valence-corrected chi connectivity index (χ2v) is 7.00. The molecule has 2 unspecified atom stereocenters. The molecule has 2 rings (SSSR count). The van der Waals surface area contributed by atoms with Crippen molar-refractivity contribution in [2.45, 2.75) is 44.9 Å². The van der Waals surface area contributed by atoms with Crippen LogP contribution in [0.1, 0.15) is 31.7 Å². The van der Waals surface area contributed by atoms with Crippen molar-refractivity contribution < 1.29 is 14.6 Å². The molecule has 1 aliphatic rings. The fraction of sp³-hybridized carbons (Fsp3) is 0.667. The number of rotatable bonds is 10. The number of nitrogens with zero attached hydrogens (tertiary/aromatic N) is 1. The molecule has 136 valence electrons. The van der Waals surface area contributed by atoms with E-state index in [1.54, 1.807) is 6.07 Å². The van der Waals surface area contributed by atoms with Crippen molar-refractivity contribution in [2.24, 2.45) is 0 Å². The summed E-state index contributed by atoms with van der Waals surface area (Å²) in [7, 11) is 0. The molecule has 0 aromatic heterocycles. The van der Waals surface area contributed by atoms with Crippen molar-refractivity contribution in [1.29, 1.82) is 0 Å². The van der Waals surface area contributed by atoms with E-state index in [9.17, 15) is 5.11 Å². The lowest BCUT2D eigenvalue weighted by atomic mass is 10.1. The van der Waals surface area contributed by atoms with Gasteiger partial charge in [0.05, 0.1) is 19.3 Å². The minimum absolute atomic E-state index is 0.117. The van der Waals surface area contributed by atoms with Crippen LogP contribution in [-0.4, -0.2) is 55.1 Å². The topological polar surface area (TPSA) is 41.9 Å². The average Bonchev–Trinajstić information content (AvgIpc) is 3.08. The summed E-state index contributed by atoms with van der Waals surface area (Å²) < 4.78 is 11.1. The van der Waals surface area contributed by atoms with Crippen molar-refractivity contribution in [3.63, 3.8) is 0 Å². The molecule has 1 heterocycles. The fourth-order valence-corrected chi connectivity index (χ4v) is 3.39. The number of aliphatic hydroxyl groups is 1. The van der Waals surface area contributed by atoms with Gasteiger partial charge in [-0.25, -0.2) is 0 Å². The molecule has 0 spiro atoms. The number of ether oxygens (including phenoxy) is 2. The standard InChI is InChI=1S/C18H27Cl2NO3/c1-2-16(12-22)21(7-3-8-24-17-6-9-23-13-17)11-14-4-5-15(19)10-18(14)20/h4-5,10,16-17,22H,2-3,6-9,11-13H2,1H3. The molecule has 1 aliphatic heterocycles. The first-order valence-corrected chi connectivity index (χ1v) is 9.37. The van der Waals surface area contributed by atoms with E-state index in [-0.39, 0.29) is 18.8 Å². The van der Waals surface area contributed by atoms with Gasteiger partial charge in [0.1, 0.15) is 0 Å². The summed E-state index contributed by atoms with van der Waals surface area (Å²) in [6, 6.07) is 5.68. The predicted molar refractivity (Wildman–Crippen MR) is 97.8 cm³/mol. The zero-order valence-corrected chi connectivity index (χ0v) is 15.7. The summed E-state index contributed by atoms with van der Waals surface area (Å²) in [6.07, 6.45) is 3.03. The fourth-order valence-electron chi connectivity index (χ4n) is 2.92. The normalized spacial score (nSPS) is 19.1. The molecule has 1 fully saturated rings. The molecule has 0 radical (unpaired) electrons. The molecular formula is C18H27Cl2NO3. The second kappa shape index (κ2) is 10.6. The van der Waals surface area contributed by atoms with Crippen LogP contribution in [0.5, 0.6) is 0 Å². The number of benzene rings is 1. The summed E-state index contributed by atoms with van der Waals surface area (Å²) >= 11 is 12.3. The van der Waals surface area contributed by atoms with Crippen LogP contribution in [0.3, 0.4) is 0 Å². The molecule has 0 bridgehead atoms. The minimum atomic E-state index is 0.117. The molecule has 1 aromatic carbocycles. The largest absolute Gasteiger partial charge is 0.395 e. The van der Waals surface area contributed by atoms with Gasteiger partial charge in [-0.1, -0.05) is 36.2 Å². The molecule has 0 aliphatic carbocycles. The molecule has 2 atom stereocenters. The van der Waals surface area contributed by atoms with Crippen molar-refractivity contribution in [1.82, 2.24) is 4.90 Å². The summed E-state index contributed by atoms with van der Waals surface area (Å²) in [6.45, 7) is 5.99. The molecule has 6 heteroatoms. The van der Waals surface area contributed by atoms with E-state index >= 15 is 0 Å². The van der Waals surface area contributed by atoms with Crippen molar-refractivity contribution >= 4 is 23.2 Å². The van der Waals surface area contributed by atoms with Crippen LogP contribution in [-0.2, 0) is 16.0 Å². The third kappa shape index (κ3) is 6.17. The summed E-state index contributed by atoms with van der Waals surface area (Å²) in [4.78, 5) is 2.27. The van der Waals surface area contributed by atoms with E-state index < -0.39 is 0 Å². The maximum absolute atomic E-state index is 9.67. The molecule has 0 saturated carbocycles. The highest BCUT2D eigenvalue weighted by molar-refractivity contribution is 6.35. The Morgan fingerprint density at radius 1 is 1.42 bits per heavy atom. The van der Waals surface area contributed by atoms with Gasteiger partial charge in [0.25, 0.3) is 0 Å². The van der Waals surface area contributed by atoms with Crippen molar-refractivity contribution in [2.75, 3.05) is 33.0 Å². The van der Waals surface area contributed by atoms with E-state index in [1.165, 1.54) is 0 Å². The molecule has 1 saturated heterocycles. The summed E-state index contributed by atoms with van der Waals surface area (Å²) in [5, 5.41) is 11.0. The molecule has 1 aromatic rings. The Morgan fingerprint density at radius 3 is 2.88 bits per heavy atom.